The first-order chi connectivity index (χ1) is 5.53. The Morgan fingerprint density at radius 3 is 2.58 bits per heavy atom. The van der Waals surface area contributed by atoms with Gasteiger partial charge in [0.25, 0.3) is 0 Å². The SMILES string of the molecule is CCC(C)C[C@H]1COC(C)(C)C1. The highest BCUT2D eigenvalue weighted by atomic mass is 16.5. The smallest absolute Gasteiger partial charge is 0.0630 e. The van der Waals surface area contributed by atoms with Crippen LogP contribution in [-0.4, -0.2) is 12.2 Å². The molecule has 1 nitrogen and oxygen atoms in total. The number of hydrogen-bond acceptors (Lipinski definition) is 1. The second-order valence-electron chi connectivity index (χ2n) is 4.89. The van der Waals surface area contributed by atoms with Crippen LogP contribution in [0.3, 0.4) is 0 Å². The molecule has 2 atom stereocenters. The van der Waals surface area contributed by atoms with Gasteiger partial charge in [0.15, 0.2) is 0 Å². The molecule has 0 aromatic carbocycles. The lowest BCUT2D eigenvalue weighted by Gasteiger charge is -2.16. The Kier molecular flexibility index (Phi) is 3.16. The summed E-state index contributed by atoms with van der Waals surface area (Å²) in [4.78, 5) is 0. The summed E-state index contributed by atoms with van der Waals surface area (Å²) in [6.45, 7) is 9.99. The molecule has 0 N–H and O–H groups in total. The highest BCUT2D eigenvalue weighted by molar-refractivity contribution is 4.81. The molecule has 1 heteroatoms. The van der Waals surface area contributed by atoms with Crippen LogP contribution in [0.1, 0.15) is 47.0 Å². The van der Waals surface area contributed by atoms with Gasteiger partial charge in [-0.1, -0.05) is 20.3 Å². The zero-order valence-electron chi connectivity index (χ0n) is 8.89. The van der Waals surface area contributed by atoms with Crippen molar-refractivity contribution in [3.05, 3.63) is 0 Å². The maximum Gasteiger partial charge on any atom is 0.0630 e. The second-order valence-corrected chi connectivity index (χ2v) is 4.89. The van der Waals surface area contributed by atoms with Gasteiger partial charge in [0.05, 0.1) is 12.2 Å². The molecule has 1 aliphatic rings. The van der Waals surface area contributed by atoms with E-state index >= 15 is 0 Å². The van der Waals surface area contributed by atoms with E-state index in [2.05, 4.69) is 27.7 Å². The van der Waals surface area contributed by atoms with Crippen molar-refractivity contribution in [2.24, 2.45) is 11.8 Å². The highest BCUT2D eigenvalue weighted by Crippen LogP contribution is 2.33. The summed E-state index contributed by atoms with van der Waals surface area (Å²) in [6, 6.07) is 0. The quantitative estimate of drug-likeness (QED) is 0.632. The van der Waals surface area contributed by atoms with E-state index in [1.807, 2.05) is 0 Å². The predicted molar refractivity (Wildman–Crippen MR) is 52.2 cm³/mol. The van der Waals surface area contributed by atoms with Crippen molar-refractivity contribution >= 4 is 0 Å². The minimum atomic E-state index is 0.151. The van der Waals surface area contributed by atoms with Crippen molar-refractivity contribution in [1.82, 2.24) is 0 Å². The summed E-state index contributed by atoms with van der Waals surface area (Å²) in [5, 5.41) is 0. The topological polar surface area (TPSA) is 9.23 Å². The van der Waals surface area contributed by atoms with E-state index in [9.17, 15) is 0 Å². The first-order valence-electron chi connectivity index (χ1n) is 5.17. The lowest BCUT2D eigenvalue weighted by atomic mass is 9.89. The number of rotatable bonds is 3. The molecule has 0 aliphatic carbocycles. The molecule has 1 unspecified atom stereocenters. The van der Waals surface area contributed by atoms with Gasteiger partial charge in [-0.25, -0.2) is 0 Å². The minimum absolute atomic E-state index is 0.151. The summed E-state index contributed by atoms with van der Waals surface area (Å²) in [7, 11) is 0. The third kappa shape index (κ3) is 2.78. The van der Waals surface area contributed by atoms with Crippen LogP contribution in [0, 0.1) is 11.8 Å². The molecule has 0 aromatic rings. The fraction of sp³-hybridized carbons (Fsp3) is 1.00. The molecule has 1 heterocycles. The summed E-state index contributed by atoms with van der Waals surface area (Å²) in [5.74, 6) is 1.68. The molecule has 0 spiro atoms. The second kappa shape index (κ2) is 3.78. The summed E-state index contributed by atoms with van der Waals surface area (Å²) < 4.78 is 5.70. The molecular weight excluding hydrogens is 148 g/mol. The molecular formula is C11H22O. The van der Waals surface area contributed by atoms with E-state index in [0.29, 0.717) is 0 Å². The zero-order valence-corrected chi connectivity index (χ0v) is 8.89. The maximum absolute atomic E-state index is 5.70. The van der Waals surface area contributed by atoms with E-state index in [4.69, 9.17) is 4.74 Å². The van der Waals surface area contributed by atoms with Crippen LogP contribution >= 0.6 is 0 Å². The van der Waals surface area contributed by atoms with E-state index in [0.717, 1.165) is 18.4 Å². The zero-order chi connectivity index (χ0) is 9.19. The van der Waals surface area contributed by atoms with Gasteiger partial charge in [-0.15, -0.1) is 0 Å². The lowest BCUT2D eigenvalue weighted by Crippen LogP contribution is -2.16. The van der Waals surface area contributed by atoms with Crippen LogP contribution in [0.15, 0.2) is 0 Å². The average Bonchev–Trinajstić information content (AvgIpc) is 2.30. The Hall–Kier alpha value is -0.0400. The summed E-state index contributed by atoms with van der Waals surface area (Å²) >= 11 is 0. The van der Waals surface area contributed by atoms with Crippen molar-refractivity contribution in [1.29, 1.82) is 0 Å². The molecule has 0 amide bonds. The number of ether oxygens (including phenoxy) is 1. The van der Waals surface area contributed by atoms with Gasteiger partial charge in [0, 0.05) is 0 Å². The van der Waals surface area contributed by atoms with E-state index in [-0.39, 0.29) is 5.60 Å². The monoisotopic (exact) mass is 170 g/mol. The van der Waals surface area contributed by atoms with Gasteiger partial charge in [-0.3, -0.25) is 0 Å². The predicted octanol–water partition coefficient (Wildman–Crippen LogP) is 3.24. The standard InChI is InChI=1S/C11H22O/c1-5-9(2)6-10-7-11(3,4)12-8-10/h9-10H,5-8H2,1-4H3/t9?,10-/m1/s1. The van der Waals surface area contributed by atoms with E-state index in [1.54, 1.807) is 0 Å². The molecule has 0 saturated carbocycles. The van der Waals surface area contributed by atoms with Crippen LogP contribution in [0.4, 0.5) is 0 Å². The van der Waals surface area contributed by atoms with Gasteiger partial charge < -0.3 is 4.74 Å². The normalized spacial score (nSPS) is 30.5. The molecule has 12 heavy (non-hydrogen) atoms. The van der Waals surface area contributed by atoms with Crippen LogP contribution in [0.25, 0.3) is 0 Å². The largest absolute Gasteiger partial charge is 0.375 e. The van der Waals surface area contributed by atoms with Gasteiger partial charge in [-0.05, 0) is 38.5 Å². The maximum atomic E-state index is 5.70. The summed E-state index contributed by atoms with van der Waals surface area (Å²) in [5.41, 5.74) is 0.151. The van der Waals surface area contributed by atoms with Gasteiger partial charge in [-0.2, -0.15) is 0 Å². The average molecular weight is 170 g/mol. The molecule has 1 aliphatic heterocycles. The van der Waals surface area contributed by atoms with Gasteiger partial charge in [0.1, 0.15) is 0 Å². The van der Waals surface area contributed by atoms with E-state index in [1.165, 1.54) is 19.3 Å². The Bertz CT molecular complexity index is 140. The van der Waals surface area contributed by atoms with Gasteiger partial charge in [0.2, 0.25) is 0 Å². The lowest BCUT2D eigenvalue weighted by molar-refractivity contribution is 0.0346. The number of hydrogen-bond donors (Lipinski definition) is 0. The molecule has 1 rings (SSSR count). The fourth-order valence-corrected chi connectivity index (χ4v) is 2.04. The third-order valence-corrected chi connectivity index (χ3v) is 2.92. The van der Waals surface area contributed by atoms with Crippen molar-refractivity contribution < 1.29 is 4.74 Å². The molecule has 0 aromatic heterocycles. The first-order valence-corrected chi connectivity index (χ1v) is 5.17. The summed E-state index contributed by atoms with van der Waals surface area (Å²) in [6.07, 6.45) is 3.90. The highest BCUT2D eigenvalue weighted by Gasteiger charge is 2.32. The van der Waals surface area contributed by atoms with Crippen molar-refractivity contribution in [3.8, 4) is 0 Å². The molecule has 0 bridgehead atoms. The minimum Gasteiger partial charge on any atom is -0.375 e. The van der Waals surface area contributed by atoms with Gasteiger partial charge >= 0.3 is 0 Å². The molecule has 1 fully saturated rings. The van der Waals surface area contributed by atoms with Crippen molar-refractivity contribution in [2.75, 3.05) is 6.61 Å². The van der Waals surface area contributed by atoms with Crippen molar-refractivity contribution in [2.45, 2.75) is 52.6 Å². The van der Waals surface area contributed by atoms with Crippen LogP contribution in [-0.2, 0) is 4.74 Å². The third-order valence-electron chi connectivity index (χ3n) is 2.92. The van der Waals surface area contributed by atoms with Crippen molar-refractivity contribution in [3.63, 3.8) is 0 Å². The van der Waals surface area contributed by atoms with E-state index < -0.39 is 0 Å². The first kappa shape index (κ1) is 10.0. The Morgan fingerprint density at radius 2 is 2.17 bits per heavy atom. The van der Waals surface area contributed by atoms with Crippen LogP contribution in [0.2, 0.25) is 0 Å². The molecule has 72 valence electrons. The molecule has 1 saturated heterocycles. The Balaban J connectivity index is 2.28. The Morgan fingerprint density at radius 1 is 1.50 bits per heavy atom. The Labute approximate surface area is 76.5 Å². The van der Waals surface area contributed by atoms with Crippen LogP contribution < -0.4 is 0 Å². The molecule has 0 radical (unpaired) electrons. The van der Waals surface area contributed by atoms with Crippen LogP contribution in [0.5, 0.6) is 0 Å². The fourth-order valence-electron chi connectivity index (χ4n) is 2.04.